The SMILES string of the molecule is CCOC(=O)c1cc(C)sc1NC(=O)Cn1cnc2ccsc2c1=O. The number of carbonyl (C=O) groups is 2. The van der Waals surface area contributed by atoms with Crippen LogP contribution in [-0.4, -0.2) is 28.0 Å². The highest BCUT2D eigenvalue weighted by molar-refractivity contribution is 7.17. The van der Waals surface area contributed by atoms with E-state index in [9.17, 15) is 14.4 Å². The van der Waals surface area contributed by atoms with E-state index >= 15 is 0 Å². The zero-order valence-corrected chi connectivity index (χ0v) is 15.2. The molecule has 1 amide bonds. The number of rotatable bonds is 5. The molecule has 0 saturated carbocycles. The molecule has 0 aromatic carbocycles. The first-order valence-corrected chi connectivity index (χ1v) is 9.19. The van der Waals surface area contributed by atoms with Crippen LogP contribution in [0.4, 0.5) is 5.00 Å². The maximum Gasteiger partial charge on any atom is 0.341 e. The fourth-order valence-corrected chi connectivity index (χ4v) is 3.99. The molecule has 0 aliphatic carbocycles. The van der Waals surface area contributed by atoms with Gasteiger partial charge >= 0.3 is 5.97 Å². The number of hydrogen-bond donors (Lipinski definition) is 1. The molecule has 3 aromatic rings. The Balaban J connectivity index is 1.79. The van der Waals surface area contributed by atoms with Crippen LogP contribution in [0.1, 0.15) is 22.2 Å². The van der Waals surface area contributed by atoms with E-state index in [1.54, 1.807) is 24.4 Å². The van der Waals surface area contributed by atoms with E-state index in [-0.39, 0.29) is 18.7 Å². The molecule has 0 unspecified atom stereocenters. The number of hydrogen-bond acceptors (Lipinski definition) is 7. The Morgan fingerprint density at radius 2 is 2.20 bits per heavy atom. The highest BCUT2D eigenvalue weighted by Gasteiger charge is 2.18. The summed E-state index contributed by atoms with van der Waals surface area (Å²) in [7, 11) is 0. The summed E-state index contributed by atoms with van der Waals surface area (Å²) >= 11 is 2.57. The first-order valence-electron chi connectivity index (χ1n) is 7.49. The maximum atomic E-state index is 12.3. The van der Waals surface area contributed by atoms with Gasteiger partial charge in [0.25, 0.3) is 5.56 Å². The van der Waals surface area contributed by atoms with Gasteiger partial charge in [0.1, 0.15) is 16.2 Å². The van der Waals surface area contributed by atoms with Crippen molar-refractivity contribution in [2.75, 3.05) is 11.9 Å². The van der Waals surface area contributed by atoms with E-state index in [0.29, 0.717) is 20.8 Å². The fourth-order valence-electron chi connectivity index (χ4n) is 2.28. The second kappa shape index (κ2) is 7.16. The van der Waals surface area contributed by atoms with Crippen LogP contribution in [0.25, 0.3) is 10.2 Å². The summed E-state index contributed by atoms with van der Waals surface area (Å²) < 4.78 is 6.75. The second-order valence-corrected chi connectivity index (χ2v) is 7.35. The Hall–Kier alpha value is -2.52. The van der Waals surface area contributed by atoms with Gasteiger partial charge in [0.05, 0.1) is 24.0 Å². The van der Waals surface area contributed by atoms with Gasteiger partial charge in [0.15, 0.2) is 0 Å². The van der Waals surface area contributed by atoms with Crippen LogP contribution >= 0.6 is 22.7 Å². The summed E-state index contributed by atoms with van der Waals surface area (Å²) in [5.74, 6) is -0.895. The molecule has 3 rings (SSSR count). The number of aromatic nitrogens is 2. The third kappa shape index (κ3) is 3.62. The van der Waals surface area contributed by atoms with Crippen LogP contribution < -0.4 is 10.9 Å². The number of nitrogens with one attached hydrogen (secondary N) is 1. The molecule has 3 heterocycles. The molecule has 0 radical (unpaired) electrons. The average Bonchev–Trinajstić information content (AvgIpc) is 3.17. The summed E-state index contributed by atoms with van der Waals surface area (Å²) in [5, 5.41) is 4.88. The number of carbonyl (C=O) groups excluding carboxylic acids is 2. The molecule has 0 fully saturated rings. The zero-order chi connectivity index (χ0) is 18.0. The van der Waals surface area contributed by atoms with E-state index in [2.05, 4.69) is 10.3 Å². The minimum atomic E-state index is -0.485. The molecule has 7 nitrogen and oxygen atoms in total. The fraction of sp³-hybridized carbons (Fsp3) is 0.250. The van der Waals surface area contributed by atoms with Gasteiger partial charge in [0.2, 0.25) is 5.91 Å². The molecule has 0 spiro atoms. The van der Waals surface area contributed by atoms with E-state index in [1.165, 1.54) is 33.6 Å². The number of amides is 1. The zero-order valence-electron chi connectivity index (χ0n) is 13.6. The molecular formula is C16H15N3O4S2. The molecule has 0 bridgehead atoms. The average molecular weight is 377 g/mol. The number of thiophene rings is 2. The topological polar surface area (TPSA) is 90.3 Å². The van der Waals surface area contributed by atoms with Crippen molar-refractivity contribution in [3.8, 4) is 0 Å². The largest absolute Gasteiger partial charge is 0.462 e. The van der Waals surface area contributed by atoms with Crippen molar-refractivity contribution in [1.82, 2.24) is 9.55 Å². The van der Waals surface area contributed by atoms with E-state index in [0.717, 1.165) is 4.88 Å². The number of nitrogens with zero attached hydrogens (tertiary/aromatic N) is 2. The normalized spacial score (nSPS) is 10.8. The molecule has 9 heteroatoms. The smallest absolute Gasteiger partial charge is 0.341 e. The molecule has 25 heavy (non-hydrogen) atoms. The quantitative estimate of drug-likeness (QED) is 0.690. The summed E-state index contributed by atoms with van der Waals surface area (Å²) in [6.07, 6.45) is 1.35. The summed E-state index contributed by atoms with van der Waals surface area (Å²) in [4.78, 5) is 41.6. The van der Waals surface area contributed by atoms with Crippen LogP contribution in [0.5, 0.6) is 0 Å². The summed E-state index contributed by atoms with van der Waals surface area (Å²) in [6.45, 7) is 3.62. The Kier molecular flexibility index (Phi) is 4.95. The minimum absolute atomic E-state index is 0.182. The van der Waals surface area contributed by atoms with Crippen molar-refractivity contribution in [3.63, 3.8) is 0 Å². The van der Waals surface area contributed by atoms with Crippen molar-refractivity contribution in [1.29, 1.82) is 0 Å². The van der Waals surface area contributed by atoms with Gasteiger partial charge in [-0.2, -0.15) is 0 Å². The Morgan fingerprint density at radius 1 is 1.40 bits per heavy atom. The third-order valence-electron chi connectivity index (χ3n) is 3.35. The van der Waals surface area contributed by atoms with Gasteiger partial charge in [0, 0.05) is 4.88 Å². The van der Waals surface area contributed by atoms with Crippen molar-refractivity contribution in [3.05, 3.63) is 44.6 Å². The number of aryl methyl sites for hydroxylation is 1. The van der Waals surface area contributed by atoms with E-state index in [4.69, 9.17) is 4.74 Å². The second-order valence-electron chi connectivity index (χ2n) is 5.18. The lowest BCUT2D eigenvalue weighted by Gasteiger charge is -2.07. The molecule has 0 saturated heterocycles. The van der Waals surface area contributed by atoms with Gasteiger partial charge in [-0.25, -0.2) is 9.78 Å². The van der Waals surface area contributed by atoms with Crippen LogP contribution in [0.3, 0.4) is 0 Å². The molecule has 0 aliphatic heterocycles. The molecular weight excluding hydrogens is 362 g/mol. The predicted molar refractivity (Wildman–Crippen MR) is 97.5 cm³/mol. The lowest BCUT2D eigenvalue weighted by atomic mass is 10.3. The van der Waals surface area contributed by atoms with Gasteiger partial charge in [-0.3, -0.25) is 14.2 Å². The van der Waals surface area contributed by atoms with Crippen LogP contribution in [0.2, 0.25) is 0 Å². The van der Waals surface area contributed by atoms with E-state index < -0.39 is 11.9 Å². The predicted octanol–water partition coefficient (Wildman–Crippen LogP) is 2.64. The van der Waals surface area contributed by atoms with E-state index in [1.807, 2.05) is 6.92 Å². The van der Waals surface area contributed by atoms with Crippen LogP contribution in [-0.2, 0) is 16.1 Å². The Labute approximate surface area is 150 Å². The molecule has 0 atom stereocenters. The number of anilines is 1. The Bertz CT molecular complexity index is 1000. The van der Waals surface area contributed by atoms with Gasteiger partial charge in [-0.1, -0.05) is 0 Å². The molecule has 1 N–H and O–H groups in total. The number of fused-ring (bicyclic) bond motifs is 1. The van der Waals surface area contributed by atoms with Crippen molar-refractivity contribution in [2.24, 2.45) is 0 Å². The summed E-state index contributed by atoms with van der Waals surface area (Å²) in [6, 6.07) is 3.43. The van der Waals surface area contributed by atoms with Crippen molar-refractivity contribution < 1.29 is 14.3 Å². The van der Waals surface area contributed by atoms with Gasteiger partial charge in [-0.15, -0.1) is 22.7 Å². The monoisotopic (exact) mass is 377 g/mol. The van der Waals surface area contributed by atoms with Crippen LogP contribution in [0, 0.1) is 6.92 Å². The van der Waals surface area contributed by atoms with Gasteiger partial charge < -0.3 is 10.1 Å². The third-order valence-corrected chi connectivity index (χ3v) is 5.21. The van der Waals surface area contributed by atoms with Crippen LogP contribution in [0.15, 0.2) is 28.6 Å². The standard InChI is InChI=1S/C16H15N3O4S2/c1-3-23-16(22)10-6-9(2)25-14(10)18-12(20)7-19-8-17-11-4-5-24-13(11)15(19)21/h4-6,8H,3,7H2,1-2H3,(H,18,20). The van der Waals surface area contributed by atoms with Crippen molar-refractivity contribution >= 4 is 49.8 Å². The maximum absolute atomic E-state index is 12.3. The highest BCUT2D eigenvalue weighted by Crippen LogP contribution is 2.28. The minimum Gasteiger partial charge on any atom is -0.462 e. The van der Waals surface area contributed by atoms with Gasteiger partial charge in [-0.05, 0) is 31.4 Å². The Morgan fingerprint density at radius 3 is 2.96 bits per heavy atom. The first kappa shape index (κ1) is 17.3. The lowest BCUT2D eigenvalue weighted by molar-refractivity contribution is -0.116. The molecule has 0 aliphatic rings. The first-order chi connectivity index (χ1) is 12.0. The van der Waals surface area contributed by atoms with Crippen molar-refractivity contribution in [2.45, 2.75) is 20.4 Å². The lowest BCUT2D eigenvalue weighted by Crippen LogP contribution is -2.27. The molecule has 130 valence electrons. The molecule has 3 aromatic heterocycles. The summed E-state index contributed by atoms with van der Waals surface area (Å²) in [5.41, 5.74) is 0.671. The highest BCUT2D eigenvalue weighted by atomic mass is 32.1. The number of ether oxygens (including phenoxy) is 1. The number of esters is 1.